The summed E-state index contributed by atoms with van der Waals surface area (Å²) in [7, 11) is 0. The number of nitrogens with two attached hydrogens (primary N) is 1. The molecule has 0 amide bonds. The number of halogens is 2. The number of ether oxygens (including phenoxy) is 1. The maximum absolute atomic E-state index is 12.1. The van der Waals surface area contributed by atoms with Gasteiger partial charge in [-0.2, -0.15) is 13.8 Å². The molecule has 19 heavy (non-hydrogen) atoms. The fourth-order valence-electron chi connectivity index (χ4n) is 1.55. The van der Waals surface area contributed by atoms with Gasteiger partial charge in [-0.05, 0) is 25.1 Å². The van der Waals surface area contributed by atoms with Gasteiger partial charge in [-0.25, -0.2) is 0 Å². The van der Waals surface area contributed by atoms with Gasteiger partial charge in [0.05, 0.1) is 0 Å². The third-order valence-corrected chi connectivity index (χ3v) is 2.28. The van der Waals surface area contributed by atoms with E-state index in [1.165, 1.54) is 12.1 Å². The third-order valence-electron chi connectivity index (χ3n) is 2.28. The van der Waals surface area contributed by atoms with Crippen LogP contribution in [-0.2, 0) is 6.42 Å². The molecule has 0 aliphatic carbocycles. The summed E-state index contributed by atoms with van der Waals surface area (Å²) in [6, 6.07) is 5.99. The van der Waals surface area contributed by atoms with Gasteiger partial charge in [0.15, 0.2) is 5.82 Å². The summed E-state index contributed by atoms with van der Waals surface area (Å²) in [6.45, 7) is -1.04. The molecule has 1 heterocycles. The van der Waals surface area contributed by atoms with Crippen LogP contribution < -0.4 is 10.5 Å². The number of hydrogen-bond acceptors (Lipinski definition) is 5. The Balaban J connectivity index is 2.19. The molecule has 0 fully saturated rings. The second kappa shape index (κ2) is 5.75. The fraction of sp³-hybridized carbons (Fsp3) is 0.333. The van der Waals surface area contributed by atoms with Crippen molar-refractivity contribution in [3.63, 3.8) is 0 Å². The Hall–Kier alpha value is -2.02. The molecular formula is C12H13F2N3O2. The lowest BCUT2D eigenvalue weighted by molar-refractivity contribution is -0.0498. The molecule has 5 nitrogen and oxygen atoms in total. The van der Waals surface area contributed by atoms with Gasteiger partial charge in [0.1, 0.15) is 5.75 Å². The van der Waals surface area contributed by atoms with Gasteiger partial charge < -0.3 is 15.0 Å². The Kier molecular flexibility index (Phi) is 4.06. The van der Waals surface area contributed by atoms with Gasteiger partial charge in [-0.3, -0.25) is 0 Å². The van der Waals surface area contributed by atoms with Crippen LogP contribution in [-0.4, -0.2) is 22.8 Å². The highest BCUT2D eigenvalue weighted by Crippen LogP contribution is 2.23. The summed E-state index contributed by atoms with van der Waals surface area (Å²) < 4.78 is 33.6. The first kappa shape index (κ1) is 13.4. The predicted octanol–water partition coefficient (Wildman–Crippen LogP) is 2.23. The molecule has 0 aliphatic heterocycles. The van der Waals surface area contributed by atoms with Crippen molar-refractivity contribution in [1.82, 2.24) is 10.1 Å². The Bertz CT molecular complexity index is 543. The maximum Gasteiger partial charge on any atom is 0.387 e. The number of rotatable bonds is 5. The average molecular weight is 269 g/mol. The average Bonchev–Trinajstić information content (AvgIpc) is 2.76. The van der Waals surface area contributed by atoms with Crippen LogP contribution in [0.2, 0.25) is 0 Å². The van der Waals surface area contributed by atoms with Crippen molar-refractivity contribution in [2.75, 3.05) is 0 Å². The smallest absolute Gasteiger partial charge is 0.387 e. The van der Waals surface area contributed by atoms with E-state index in [9.17, 15) is 8.78 Å². The van der Waals surface area contributed by atoms with E-state index in [1.54, 1.807) is 12.1 Å². The molecule has 0 radical (unpaired) electrons. The van der Waals surface area contributed by atoms with Crippen molar-refractivity contribution in [3.8, 4) is 17.2 Å². The lowest BCUT2D eigenvalue weighted by Gasteiger charge is -2.04. The second-order valence-corrected chi connectivity index (χ2v) is 4.10. The SMILES string of the molecule is CC(N)Cc1noc(-c2cccc(OC(F)F)c2)n1. The monoisotopic (exact) mass is 269 g/mol. The molecule has 2 rings (SSSR count). The Morgan fingerprint density at radius 1 is 1.42 bits per heavy atom. The van der Waals surface area contributed by atoms with E-state index in [0.717, 1.165) is 0 Å². The summed E-state index contributed by atoms with van der Waals surface area (Å²) in [4.78, 5) is 4.14. The van der Waals surface area contributed by atoms with Gasteiger partial charge in [-0.15, -0.1) is 0 Å². The van der Waals surface area contributed by atoms with E-state index < -0.39 is 6.61 Å². The highest BCUT2D eigenvalue weighted by atomic mass is 19.3. The number of aromatic nitrogens is 2. The van der Waals surface area contributed by atoms with E-state index in [1.807, 2.05) is 6.92 Å². The van der Waals surface area contributed by atoms with Crippen molar-refractivity contribution >= 4 is 0 Å². The maximum atomic E-state index is 12.1. The molecule has 1 aromatic carbocycles. The van der Waals surface area contributed by atoms with Crippen molar-refractivity contribution < 1.29 is 18.0 Å². The van der Waals surface area contributed by atoms with Crippen LogP contribution in [0.3, 0.4) is 0 Å². The van der Waals surface area contributed by atoms with Crippen LogP contribution in [0.5, 0.6) is 5.75 Å². The van der Waals surface area contributed by atoms with Crippen LogP contribution in [0.15, 0.2) is 28.8 Å². The summed E-state index contributed by atoms with van der Waals surface area (Å²) in [5.74, 6) is 0.764. The number of alkyl halides is 2. The normalized spacial score (nSPS) is 12.7. The van der Waals surface area contributed by atoms with Crippen LogP contribution >= 0.6 is 0 Å². The molecule has 0 aliphatic rings. The number of benzene rings is 1. The largest absolute Gasteiger partial charge is 0.435 e. The minimum Gasteiger partial charge on any atom is -0.435 e. The molecule has 102 valence electrons. The minimum absolute atomic E-state index is 0.0412. The predicted molar refractivity (Wildman–Crippen MR) is 63.7 cm³/mol. The number of hydrogen-bond donors (Lipinski definition) is 1. The standard InChI is InChI=1S/C12H13F2N3O2/c1-7(15)5-10-16-11(19-17-10)8-3-2-4-9(6-8)18-12(13)14/h2-4,6-7,12H,5,15H2,1H3. The second-order valence-electron chi connectivity index (χ2n) is 4.10. The first-order chi connectivity index (χ1) is 9.04. The zero-order valence-corrected chi connectivity index (χ0v) is 10.2. The van der Waals surface area contributed by atoms with Gasteiger partial charge in [0.25, 0.3) is 5.89 Å². The quantitative estimate of drug-likeness (QED) is 0.900. The van der Waals surface area contributed by atoms with Gasteiger partial charge >= 0.3 is 6.61 Å². The third kappa shape index (κ3) is 3.72. The van der Waals surface area contributed by atoms with Crippen molar-refractivity contribution in [1.29, 1.82) is 0 Å². The van der Waals surface area contributed by atoms with E-state index >= 15 is 0 Å². The number of nitrogens with zero attached hydrogens (tertiary/aromatic N) is 2. The summed E-state index contributed by atoms with van der Waals surface area (Å²) in [5, 5.41) is 3.77. The zero-order chi connectivity index (χ0) is 13.8. The van der Waals surface area contributed by atoms with Crippen LogP contribution in [0, 0.1) is 0 Å². The molecule has 1 aromatic heterocycles. The molecule has 7 heteroatoms. The van der Waals surface area contributed by atoms with E-state index in [-0.39, 0.29) is 17.7 Å². The molecule has 2 N–H and O–H groups in total. The molecule has 0 saturated carbocycles. The fourth-order valence-corrected chi connectivity index (χ4v) is 1.55. The van der Waals surface area contributed by atoms with Crippen LogP contribution in [0.4, 0.5) is 8.78 Å². The van der Waals surface area contributed by atoms with Gasteiger partial charge in [0, 0.05) is 18.0 Å². The Morgan fingerprint density at radius 3 is 2.89 bits per heavy atom. The first-order valence-corrected chi connectivity index (χ1v) is 5.68. The highest BCUT2D eigenvalue weighted by Gasteiger charge is 2.12. The van der Waals surface area contributed by atoms with Gasteiger partial charge in [0.2, 0.25) is 0 Å². The molecule has 0 bridgehead atoms. The van der Waals surface area contributed by atoms with E-state index in [2.05, 4.69) is 14.9 Å². The van der Waals surface area contributed by atoms with Crippen LogP contribution in [0.25, 0.3) is 11.5 Å². The van der Waals surface area contributed by atoms with Crippen LogP contribution in [0.1, 0.15) is 12.7 Å². The summed E-state index contributed by atoms with van der Waals surface area (Å²) in [5.41, 5.74) is 6.14. The lowest BCUT2D eigenvalue weighted by atomic mass is 10.2. The molecular weight excluding hydrogens is 256 g/mol. The molecule has 0 saturated heterocycles. The molecule has 1 unspecified atom stereocenters. The molecule has 0 spiro atoms. The Labute approximate surface area is 108 Å². The molecule has 1 atom stereocenters. The minimum atomic E-state index is -2.87. The van der Waals surface area contributed by atoms with Crippen molar-refractivity contribution in [2.24, 2.45) is 5.73 Å². The topological polar surface area (TPSA) is 74.2 Å². The van der Waals surface area contributed by atoms with E-state index in [4.69, 9.17) is 10.3 Å². The zero-order valence-electron chi connectivity index (χ0n) is 10.2. The van der Waals surface area contributed by atoms with Crippen molar-refractivity contribution in [3.05, 3.63) is 30.1 Å². The first-order valence-electron chi connectivity index (χ1n) is 5.68. The van der Waals surface area contributed by atoms with E-state index in [0.29, 0.717) is 17.8 Å². The molecule has 2 aromatic rings. The summed E-state index contributed by atoms with van der Waals surface area (Å²) >= 11 is 0. The summed E-state index contributed by atoms with van der Waals surface area (Å²) in [6.07, 6.45) is 0.483. The highest BCUT2D eigenvalue weighted by molar-refractivity contribution is 5.55. The lowest BCUT2D eigenvalue weighted by Crippen LogP contribution is -2.18. The van der Waals surface area contributed by atoms with Gasteiger partial charge in [-0.1, -0.05) is 11.2 Å². The van der Waals surface area contributed by atoms with Crippen molar-refractivity contribution in [2.45, 2.75) is 26.0 Å². The Morgan fingerprint density at radius 2 is 2.21 bits per heavy atom.